The average molecular weight is 353 g/mol. The predicted molar refractivity (Wildman–Crippen MR) is 102 cm³/mol. The molecular weight excluding hydrogens is 330 g/mol. The molecule has 5 heteroatoms. The first kappa shape index (κ1) is 17.7. The summed E-state index contributed by atoms with van der Waals surface area (Å²) < 4.78 is 0. The molecule has 1 atom stereocenters. The van der Waals surface area contributed by atoms with Crippen molar-refractivity contribution in [2.45, 2.75) is 32.2 Å². The van der Waals surface area contributed by atoms with Crippen molar-refractivity contribution in [2.75, 3.05) is 24.5 Å². The number of amides is 1. The number of anilines is 1. The number of hydrogen-bond donors (Lipinski definition) is 0. The molecule has 0 saturated carbocycles. The van der Waals surface area contributed by atoms with Crippen LogP contribution in [0.5, 0.6) is 0 Å². The molecule has 0 aliphatic carbocycles. The molecule has 0 spiro atoms. The first-order chi connectivity index (χ1) is 12.2. The van der Waals surface area contributed by atoms with Gasteiger partial charge in [0.25, 0.3) is 0 Å². The molecule has 0 radical (unpaired) electrons. The molecule has 3 rings (SSSR count). The highest BCUT2D eigenvalue weighted by Crippen LogP contribution is 2.35. The van der Waals surface area contributed by atoms with Crippen molar-refractivity contribution in [1.29, 1.82) is 5.26 Å². The van der Waals surface area contributed by atoms with Crippen molar-refractivity contribution in [3.8, 4) is 6.07 Å². The lowest BCUT2D eigenvalue weighted by Crippen LogP contribution is -2.44. The Kier molecular flexibility index (Phi) is 5.85. The van der Waals surface area contributed by atoms with Crippen LogP contribution in [0.1, 0.15) is 36.2 Å². The van der Waals surface area contributed by atoms with Crippen LogP contribution in [0.25, 0.3) is 0 Å². The van der Waals surface area contributed by atoms with Crippen LogP contribution in [0.2, 0.25) is 0 Å². The number of rotatable bonds is 6. The highest BCUT2D eigenvalue weighted by Gasteiger charge is 2.29. The monoisotopic (exact) mass is 353 g/mol. The summed E-state index contributed by atoms with van der Waals surface area (Å²) in [6.07, 6.45) is 2.35. The Bertz CT molecular complexity index is 750. The topological polar surface area (TPSA) is 47.3 Å². The van der Waals surface area contributed by atoms with Gasteiger partial charge in [-0.05, 0) is 42.0 Å². The van der Waals surface area contributed by atoms with Gasteiger partial charge in [-0.15, -0.1) is 11.3 Å². The summed E-state index contributed by atoms with van der Waals surface area (Å²) in [5.74, 6) is 0.0681. The second-order valence-electron chi connectivity index (χ2n) is 6.23. The molecule has 1 aliphatic heterocycles. The standard InChI is InChI=1S/C20H23N3OS/c1-2-18-17-10-14-25-19(17)9-13-22(18)15-20(24)23(12-6-11-21)16-7-4-3-5-8-16/h3-5,7-8,10,14,18H,2,6,9,12-13,15H2,1H3. The molecule has 4 nitrogen and oxygen atoms in total. The van der Waals surface area contributed by atoms with Gasteiger partial charge in [0.05, 0.1) is 19.0 Å². The Hall–Kier alpha value is -2.16. The van der Waals surface area contributed by atoms with E-state index in [1.165, 1.54) is 10.4 Å². The lowest BCUT2D eigenvalue weighted by atomic mass is 9.98. The summed E-state index contributed by atoms with van der Waals surface area (Å²) >= 11 is 1.82. The van der Waals surface area contributed by atoms with E-state index in [0.717, 1.165) is 25.1 Å². The van der Waals surface area contributed by atoms with Gasteiger partial charge in [0.15, 0.2) is 0 Å². The molecule has 1 unspecified atom stereocenters. The van der Waals surface area contributed by atoms with Crippen LogP contribution in [-0.4, -0.2) is 30.4 Å². The van der Waals surface area contributed by atoms with Gasteiger partial charge in [0.1, 0.15) is 0 Å². The number of hydrogen-bond acceptors (Lipinski definition) is 4. The fraction of sp³-hybridized carbons (Fsp3) is 0.400. The Balaban J connectivity index is 1.76. The van der Waals surface area contributed by atoms with Crippen LogP contribution in [0.15, 0.2) is 41.8 Å². The number of para-hydroxylation sites is 1. The fourth-order valence-electron chi connectivity index (χ4n) is 3.54. The normalized spacial score (nSPS) is 16.9. The van der Waals surface area contributed by atoms with Crippen molar-refractivity contribution in [2.24, 2.45) is 0 Å². The van der Waals surface area contributed by atoms with Crippen molar-refractivity contribution >= 4 is 22.9 Å². The molecular formula is C20H23N3OS. The third-order valence-electron chi connectivity index (χ3n) is 4.75. The molecule has 2 aromatic rings. The lowest BCUT2D eigenvalue weighted by Gasteiger charge is -2.36. The first-order valence-electron chi connectivity index (χ1n) is 8.77. The summed E-state index contributed by atoms with van der Waals surface area (Å²) in [6, 6.07) is 14.3. The van der Waals surface area contributed by atoms with Crippen LogP contribution in [0.4, 0.5) is 5.69 Å². The Morgan fingerprint density at radius 3 is 2.88 bits per heavy atom. The number of carbonyl (C=O) groups excluding carboxylic acids is 1. The van der Waals surface area contributed by atoms with Gasteiger partial charge in [-0.3, -0.25) is 9.69 Å². The summed E-state index contributed by atoms with van der Waals surface area (Å²) in [4.78, 5) is 18.5. The molecule has 2 heterocycles. The minimum absolute atomic E-state index is 0.0681. The molecule has 1 aliphatic rings. The molecule has 25 heavy (non-hydrogen) atoms. The number of benzene rings is 1. The van der Waals surface area contributed by atoms with E-state index in [0.29, 0.717) is 25.6 Å². The summed E-state index contributed by atoms with van der Waals surface area (Å²) in [5.41, 5.74) is 2.25. The van der Waals surface area contributed by atoms with Gasteiger partial charge >= 0.3 is 0 Å². The second-order valence-corrected chi connectivity index (χ2v) is 7.23. The molecule has 1 aromatic carbocycles. The maximum absolute atomic E-state index is 13.0. The number of thiophene rings is 1. The average Bonchev–Trinajstić information content (AvgIpc) is 3.11. The SMILES string of the molecule is CCC1c2ccsc2CCN1CC(=O)N(CCC#N)c1ccccc1. The zero-order chi connectivity index (χ0) is 17.6. The van der Waals surface area contributed by atoms with Gasteiger partial charge in [-0.1, -0.05) is 25.1 Å². The van der Waals surface area contributed by atoms with Gasteiger partial charge in [-0.25, -0.2) is 0 Å². The predicted octanol–water partition coefficient (Wildman–Crippen LogP) is 4.00. The zero-order valence-electron chi connectivity index (χ0n) is 14.5. The lowest BCUT2D eigenvalue weighted by molar-refractivity contribution is -0.120. The van der Waals surface area contributed by atoms with E-state index in [1.54, 1.807) is 4.90 Å². The third kappa shape index (κ3) is 3.92. The molecule has 0 bridgehead atoms. The van der Waals surface area contributed by atoms with Gasteiger partial charge < -0.3 is 4.90 Å². The largest absolute Gasteiger partial charge is 0.310 e. The number of fused-ring (bicyclic) bond motifs is 1. The summed E-state index contributed by atoms with van der Waals surface area (Å²) in [6.45, 7) is 3.93. The van der Waals surface area contributed by atoms with Crippen LogP contribution in [-0.2, 0) is 11.2 Å². The second kappa shape index (κ2) is 8.28. The highest BCUT2D eigenvalue weighted by atomic mass is 32.1. The van der Waals surface area contributed by atoms with Gasteiger partial charge in [0.2, 0.25) is 5.91 Å². The molecule has 0 fully saturated rings. The van der Waals surface area contributed by atoms with Crippen molar-refractivity contribution in [3.05, 3.63) is 52.2 Å². The van der Waals surface area contributed by atoms with E-state index in [2.05, 4.69) is 29.3 Å². The fourth-order valence-corrected chi connectivity index (χ4v) is 4.47. The molecule has 130 valence electrons. The van der Waals surface area contributed by atoms with E-state index in [1.807, 2.05) is 41.7 Å². The van der Waals surface area contributed by atoms with E-state index in [9.17, 15) is 4.79 Å². The molecule has 1 aromatic heterocycles. The maximum Gasteiger partial charge on any atom is 0.241 e. The molecule has 0 N–H and O–H groups in total. The minimum Gasteiger partial charge on any atom is -0.310 e. The van der Waals surface area contributed by atoms with Crippen molar-refractivity contribution in [1.82, 2.24) is 4.90 Å². The van der Waals surface area contributed by atoms with Crippen LogP contribution in [0, 0.1) is 11.3 Å². The van der Waals surface area contributed by atoms with E-state index >= 15 is 0 Å². The van der Waals surface area contributed by atoms with Gasteiger partial charge in [0, 0.05) is 29.7 Å². The summed E-state index contributed by atoms with van der Waals surface area (Å²) in [7, 11) is 0. The number of nitriles is 1. The first-order valence-corrected chi connectivity index (χ1v) is 9.65. The maximum atomic E-state index is 13.0. The van der Waals surface area contributed by atoms with Crippen molar-refractivity contribution < 1.29 is 4.79 Å². The van der Waals surface area contributed by atoms with E-state index in [4.69, 9.17) is 5.26 Å². The van der Waals surface area contributed by atoms with Crippen LogP contribution in [0.3, 0.4) is 0 Å². The third-order valence-corrected chi connectivity index (χ3v) is 5.74. The van der Waals surface area contributed by atoms with E-state index < -0.39 is 0 Å². The van der Waals surface area contributed by atoms with Crippen LogP contribution >= 0.6 is 11.3 Å². The Labute approximate surface area is 153 Å². The Morgan fingerprint density at radius 1 is 1.36 bits per heavy atom. The van der Waals surface area contributed by atoms with E-state index in [-0.39, 0.29) is 5.91 Å². The summed E-state index contributed by atoms with van der Waals surface area (Å²) in [5, 5.41) is 11.1. The number of nitrogens with zero attached hydrogens (tertiary/aromatic N) is 3. The van der Waals surface area contributed by atoms with Gasteiger partial charge in [-0.2, -0.15) is 5.26 Å². The Morgan fingerprint density at radius 2 is 2.16 bits per heavy atom. The smallest absolute Gasteiger partial charge is 0.241 e. The minimum atomic E-state index is 0.0681. The molecule has 1 amide bonds. The molecule has 0 saturated heterocycles. The zero-order valence-corrected chi connectivity index (χ0v) is 15.3. The van der Waals surface area contributed by atoms with Crippen LogP contribution < -0.4 is 4.90 Å². The van der Waals surface area contributed by atoms with Crippen molar-refractivity contribution in [3.63, 3.8) is 0 Å². The quantitative estimate of drug-likeness (QED) is 0.788. The highest BCUT2D eigenvalue weighted by molar-refractivity contribution is 7.10. The number of carbonyl (C=O) groups is 1.